The van der Waals surface area contributed by atoms with Gasteiger partial charge < -0.3 is 14.9 Å². The van der Waals surface area contributed by atoms with Gasteiger partial charge in [-0.25, -0.2) is 0 Å². The molecule has 3 nitrogen and oxygen atoms in total. The topological polar surface area (TPSA) is 49.7 Å². The van der Waals surface area contributed by atoms with Crippen LogP contribution in [0.15, 0.2) is 24.3 Å². The van der Waals surface area contributed by atoms with Crippen molar-refractivity contribution in [3.8, 4) is 5.75 Å². The van der Waals surface area contributed by atoms with E-state index in [1.165, 1.54) is 0 Å². The summed E-state index contributed by atoms with van der Waals surface area (Å²) in [7, 11) is 0. The molecule has 0 heterocycles. The average Bonchev–Trinajstić information content (AvgIpc) is 2.26. The predicted molar refractivity (Wildman–Crippen MR) is 58.9 cm³/mol. The highest BCUT2D eigenvalue weighted by molar-refractivity contribution is 5.34. The molecule has 0 aromatic heterocycles. The van der Waals surface area contributed by atoms with E-state index in [9.17, 15) is 10.2 Å². The van der Waals surface area contributed by atoms with E-state index in [4.69, 9.17) is 4.74 Å². The van der Waals surface area contributed by atoms with Crippen molar-refractivity contribution in [2.75, 3.05) is 6.61 Å². The zero-order valence-electron chi connectivity index (χ0n) is 9.18. The van der Waals surface area contributed by atoms with Crippen LogP contribution in [0.2, 0.25) is 0 Å². The van der Waals surface area contributed by atoms with Crippen LogP contribution in [0.25, 0.3) is 0 Å². The number of aliphatic hydroxyl groups excluding tert-OH is 2. The van der Waals surface area contributed by atoms with Gasteiger partial charge in [0.1, 0.15) is 12.4 Å². The molecule has 1 unspecified atom stereocenters. The number of rotatable bonds is 5. The number of benzene rings is 1. The van der Waals surface area contributed by atoms with Crippen molar-refractivity contribution in [3.05, 3.63) is 29.8 Å². The minimum absolute atomic E-state index is 0.264. The molecule has 0 saturated carbocycles. The minimum Gasteiger partial charge on any atom is -0.491 e. The van der Waals surface area contributed by atoms with Crippen molar-refractivity contribution >= 4 is 0 Å². The van der Waals surface area contributed by atoms with E-state index < -0.39 is 12.2 Å². The average molecular weight is 210 g/mol. The number of hydrogen-bond acceptors (Lipinski definition) is 3. The summed E-state index contributed by atoms with van der Waals surface area (Å²) in [6, 6.07) is 7.31. The fourth-order valence-corrected chi connectivity index (χ4v) is 1.26. The highest BCUT2D eigenvalue weighted by Gasteiger charge is 2.09. The monoisotopic (exact) mass is 210 g/mol. The Labute approximate surface area is 90.3 Å². The van der Waals surface area contributed by atoms with Crippen molar-refractivity contribution in [3.63, 3.8) is 0 Å². The van der Waals surface area contributed by atoms with Gasteiger partial charge >= 0.3 is 0 Å². The van der Waals surface area contributed by atoms with Gasteiger partial charge in [-0.05, 0) is 19.4 Å². The van der Waals surface area contributed by atoms with Gasteiger partial charge in [0.2, 0.25) is 0 Å². The summed E-state index contributed by atoms with van der Waals surface area (Å²) < 4.78 is 5.44. The molecule has 1 aromatic carbocycles. The molecule has 0 saturated heterocycles. The molecule has 3 heteroatoms. The van der Waals surface area contributed by atoms with Gasteiger partial charge in [-0.2, -0.15) is 0 Å². The largest absolute Gasteiger partial charge is 0.491 e. The normalized spacial score (nSPS) is 14.7. The summed E-state index contributed by atoms with van der Waals surface area (Å²) in [6.07, 6.45) is -0.344. The Morgan fingerprint density at radius 3 is 2.53 bits per heavy atom. The van der Waals surface area contributed by atoms with Crippen LogP contribution in [0, 0.1) is 0 Å². The highest BCUT2D eigenvalue weighted by Crippen LogP contribution is 2.24. The molecular formula is C12H18O3. The first-order valence-electron chi connectivity index (χ1n) is 5.23. The molecule has 0 spiro atoms. The maximum atomic E-state index is 9.48. The molecule has 0 aliphatic rings. The fourth-order valence-electron chi connectivity index (χ4n) is 1.26. The van der Waals surface area contributed by atoms with E-state index in [0.29, 0.717) is 12.2 Å². The maximum Gasteiger partial charge on any atom is 0.125 e. The van der Waals surface area contributed by atoms with Crippen LogP contribution in [0.5, 0.6) is 5.75 Å². The van der Waals surface area contributed by atoms with Crippen molar-refractivity contribution in [2.24, 2.45) is 0 Å². The van der Waals surface area contributed by atoms with Crippen LogP contribution in [-0.2, 0) is 0 Å². The van der Waals surface area contributed by atoms with Gasteiger partial charge in [-0.1, -0.05) is 25.1 Å². The van der Waals surface area contributed by atoms with E-state index in [2.05, 4.69) is 0 Å². The van der Waals surface area contributed by atoms with Crippen LogP contribution in [0.1, 0.15) is 31.9 Å². The smallest absolute Gasteiger partial charge is 0.125 e. The Morgan fingerprint density at radius 2 is 1.93 bits per heavy atom. The number of para-hydroxylation sites is 1. The van der Waals surface area contributed by atoms with Crippen LogP contribution in [0.4, 0.5) is 0 Å². The predicted octanol–water partition coefficient (Wildman–Crippen LogP) is 1.89. The maximum absolute atomic E-state index is 9.48. The summed E-state index contributed by atoms with van der Waals surface area (Å²) in [5.74, 6) is 0.639. The van der Waals surface area contributed by atoms with E-state index in [1.807, 2.05) is 25.1 Å². The van der Waals surface area contributed by atoms with E-state index in [0.717, 1.165) is 5.56 Å². The van der Waals surface area contributed by atoms with Crippen LogP contribution < -0.4 is 4.74 Å². The Hall–Kier alpha value is -1.06. The van der Waals surface area contributed by atoms with Crippen molar-refractivity contribution in [1.29, 1.82) is 0 Å². The third-order valence-corrected chi connectivity index (χ3v) is 2.27. The minimum atomic E-state index is -0.556. The number of hydrogen-bond donors (Lipinski definition) is 2. The number of aliphatic hydroxyl groups is 2. The Balaban J connectivity index is 2.67. The Morgan fingerprint density at radius 1 is 1.27 bits per heavy atom. The second-order valence-electron chi connectivity index (χ2n) is 3.59. The first-order valence-corrected chi connectivity index (χ1v) is 5.23. The molecule has 15 heavy (non-hydrogen) atoms. The highest BCUT2D eigenvalue weighted by atomic mass is 16.5. The lowest BCUT2D eigenvalue weighted by molar-refractivity contribution is 0.101. The van der Waals surface area contributed by atoms with E-state index in [1.54, 1.807) is 13.0 Å². The summed E-state index contributed by atoms with van der Waals surface area (Å²) in [5, 5.41) is 18.8. The fraction of sp³-hybridized carbons (Fsp3) is 0.500. The van der Waals surface area contributed by atoms with Gasteiger partial charge in [0, 0.05) is 5.56 Å². The quantitative estimate of drug-likeness (QED) is 0.780. The van der Waals surface area contributed by atoms with Crippen molar-refractivity contribution < 1.29 is 14.9 Å². The lowest BCUT2D eigenvalue weighted by atomic mass is 10.1. The molecule has 1 aromatic rings. The van der Waals surface area contributed by atoms with Gasteiger partial charge in [0.25, 0.3) is 0 Å². The molecule has 0 radical (unpaired) electrons. The van der Waals surface area contributed by atoms with E-state index >= 15 is 0 Å². The Bertz CT molecular complexity index is 297. The van der Waals surface area contributed by atoms with Crippen LogP contribution >= 0.6 is 0 Å². The lowest BCUT2D eigenvalue weighted by Gasteiger charge is -2.15. The van der Waals surface area contributed by atoms with Gasteiger partial charge in [0.15, 0.2) is 0 Å². The summed E-state index contributed by atoms with van der Waals surface area (Å²) in [4.78, 5) is 0. The second-order valence-corrected chi connectivity index (χ2v) is 3.59. The summed E-state index contributed by atoms with van der Waals surface area (Å²) >= 11 is 0. The molecule has 2 atom stereocenters. The third-order valence-electron chi connectivity index (χ3n) is 2.27. The van der Waals surface area contributed by atoms with Crippen molar-refractivity contribution in [1.82, 2.24) is 0 Å². The Kier molecular flexibility index (Phi) is 4.59. The van der Waals surface area contributed by atoms with Gasteiger partial charge in [-0.15, -0.1) is 0 Å². The molecule has 84 valence electrons. The second kappa shape index (κ2) is 5.73. The molecule has 1 rings (SSSR count). The molecule has 0 aliphatic heterocycles. The molecule has 0 fully saturated rings. The molecule has 0 amide bonds. The van der Waals surface area contributed by atoms with Gasteiger partial charge in [0.05, 0.1) is 12.2 Å². The zero-order valence-corrected chi connectivity index (χ0v) is 9.18. The first-order chi connectivity index (χ1) is 7.15. The summed E-state index contributed by atoms with van der Waals surface area (Å²) in [5.41, 5.74) is 0.751. The van der Waals surface area contributed by atoms with E-state index in [-0.39, 0.29) is 6.61 Å². The zero-order chi connectivity index (χ0) is 11.3. The third kappa shape index (κ3) is 3.53. The van der Waals surface area contributed by atoms with Gasteiger partial charge in [-0.3, -0.25) is 0 Å². The van der Waals surface area contributed by atoms with Crippen LogP contribution in [-0.4, -0.2) is 22.9 Å². The lowest BCUT2D eigenvalue weighted by Crippen LogP contribution is -2.16. The van der Waals surface area contributed by atoms with Crippen molar-refractivity contribution in [2.45, 2.75) is 32.5 Å². The first kappa shape index (κ1) is 12.0. The van der Waals surface area contributed by atoms with Crippen LogP contribution in [0.3, 0.4) is 0 Å². The molecule has 0 bridgehead atoms. The SMILES string of the molecule is CCC(O)COc1ccccc1[C@H](C)O. The molecular weight excluding hydrogens is 192 g/mol. The summed E-state index contributed by atoms with van der Waals surface area (Å²) in [6.45, 7) is 3.85. The molecule has 0 aliphatic carbocycles. The molecule has 2 N–H and O–H groups in total. The number of ether oxygens (including phenoxy) is 1. The standard InChI is InChI=1S/C12H18O3/c1-3-10(14)8-15-12-7-5-4-6-11(12)9(2)13/h4-7,9-10,13-14H,3,8H2,1-2H3/t9-,10?/m0/s1.